The highest BCUT2D eigenvalue weighted by molar-refractivity contribution is 5.82. The van der Waals surface area contributed by atoms with Gasteiger partial charge in [-0.05, 0) is 44.1 Å². The summed E-state index contributed by atoms with van der Waals surface area (Å²) in [5.41, 5.74) is 0.940. The minimum atomic E-state index is -0.510. The number of carbonyl (C=O) groups is 2. The van der Waals surface area contributed by atoms with Crippen molar-refractivity contribution in [2.75, 3.05) is 33.3 Å². The fourth-order valence-electron chi connectivity index (χ4n) is 5.75. The summed E-state index contributed by atoms with van der Waals surface area (Å²) in [6, 6.07) is 9.70. The highest BCUT2D eigenvalue weighted by Gasteiger charge is 2.44. The molecule has 3 fully saturated rings. The first kappa shape index (κ1) is 21.2. The summed E-state index contributed by atoms with van der Waals surface area (Å²) in [5.74, 6) is 0.174. The smallest absolute Gasteiger partial charge is 0.410 e. The lowest BCUT2D eigenvalue weighted by Crippen LogP contribution is -2.61. The molecular weight excluding hydrogens is 380 g/mol. The zero-order valence-corrected chi connectivity index (χ0v) is 18.1. The summed E-state index contributed by atoms with van der Waals surface area (Å²) in [6.07, 6.45) is 7.21. The Morgan fingerprint density at radius 3 is 2.63 bits per heavy atom. The molecule has 164 valence electrons. The van der Waals surface area contributed by atoms with Crippen LogP contribution < -0.4 is 0 Å². The minimum Gasteiger partial charge on any atom is -0.464 e. The van der Waals surface area contributed by atoms with E-state index in [0.717, 1.165) is 22.9 Å². The number of benzene rings is 1. The van der Waals surface area contributed by atoms with Gasteiger partial charge in [-0.2, -0.15) is 0 Å². The van der Waals surface area contributed by atoms with E-state index in [1.54, 1.807) is 4.90 Å². The van der Waals surface area contributed by atoms with E-state index in [2.05, 4.69) is 7.05 Å². The maximum absolute atomic E-state index is 12.8. The number of rotatable bonds is 5. The lowest BCUT2D eigenvalue weighted by atomic mass is 9.82. The van der Waals surface area contributed by atoms with E-state index in [4.69, 9.17) is 9.47 Å². The lowest BCUT2D eigenvalue weighted by Gasteiger charge is -2.51. The van der Waals surface area contributed by atoms with E-state index in [9.17, 15) is 9.59 Å². The Balaban J connectivity index is 1.29. The Labute approximate surface area is 179 Å². The molecule has 0 aliphatic carbocycles. The van der Waals surface area contributed by atoms with E-state index in [0.29, 0.717) is 31.5 Å². The average molecular weight is 416 g/mol. The molecule has 1 amide bonds. The highest BCUT2D eigenvalue weighted by atomic mass is 16.6. The molecule has 2 unspecified atom stereocenters. The molecule has 0 saturated carbocycles. The molecule has 1 aromatic carbocycles. The molecular formula is C24H35N2O4+. The van der Waals surface area contributed by atoms with Crippen LogP contribution in [-0.4, -0.2) is 66.8 Å². The number of amides is 1. The standard InChI is InChI=1S/C24H35N2O4/c1-26-15-6-5-13-22(26)20(11-8-16-26)18-29-23(27)21-12-7-14-25(21)24(28)30-17-19-9-3-2-4-10-19/h2-4,9-10,20-22H,5-8,11-18H2,1H3/q+1/t20-,21?,22+,26?/m1/s1. The molecule has 4 atom stereocenters. The van der Waals surface area contributed by atoms with Crippen LogP contribution in [0.15, 0.2) is 30.3 Å². The van der Waals surface area contributed by atoms with E-state index < -0.39 is 12.1 Å². The third kappa shape index (κ3) is 4.64. The molecule has 6 heteroatoms. The summed E-state index contributed by atoms with van der Waals surface area (Å²) < 4.78 is 12.4. The molecule has 6 nitrogen and oxygen atoms in total. The zero-order chi connectivity index (χ0) is 21.0. The van der Waals surface area contributed by atoms with Crippen LogP contribution in [0.2, 0.25) is 0 Å². The van der Waals surface area contributed by atoms with Gasteiger partial charge in [0.05, 0.1) is 32.8 Å². The largest absolute Gasteiger partial charge is 0.464 e. The summed E-state index contributed by atoms with van der Waals surface area (Å²) >= 11 is 0. The predicted molar refractivity (Wildman–Crippen MR) is 114 cm³/mol. The van der Waals surface area contributed by atoms with Crippen molar-refractivity contribution in [3.8, 4) is 0 Å². The first-order valence-electron chi connectivity index (χ1n) is 11.5. The molecule has 3 aliphatic heterocycles. The summed E-state index contributed by atoms with van der Waals surface area (Å²) in [6.45, 7) is 3.75. The molecule has 0 spiro atoms. The predicted octanol–water partition coefficient (Wildman–Crippen LogP) is 3.74. The van der Waals surface area contributed by atoms with Crippen LogP contribution in [-0.2, 0) is 20.9 Å². The maximum atomic E-state index is 12.8. The summed E-state index contributed by atoms with van der Waals surface area (Å²) in [4.78, 5) is 27.0. The van der Waals surface area contributed by atoms with E-state index >= 15 is 0 Å². The second kappa shape index (κ2) is 9.38. The van der Waals surface area contributed by atoms with Gasteiger partial charge in [-0.3, -0.25) is 4.90 Å². The van der Waals surface area contributed by atoms with E-state index in [1.165, 1.54) is 38.8 Å². The molecule has 30 heavy (non-hydrogen) atoms. The van der Waals surface area contributed by atoms with Crippen LogP contribution >= 0.6 is 0 Å². The van der Waals surface area contributed by atoms with Crippen molar-refractivity contribution in [1.29, 1.82) is 0 Å². The lowest BCUT2D eigenvalue weighted by molar-refractivity contribution is -0.947. The van der Waals surface area contributed by atoms with Crippen LogP contribution in [0.4, 0.5) is 4.79 Å². The van der Waals surface area contributed by atoms with Gasteiger partial charge in [-0.1, -0.05) is 30.3 Å². The second-order valence-electron chi connectivity index (χ2n) is 9.41. The molecule has 0 N–H and O–H groups in total. The van der Waals surface area contributed by atoms with Gasteiger partial charge in [0.1, 0.15) is 12.6 Å². The van der Waals surface area contributed by atoms with Crippen molar-refractivity contribution < 1.29 is 23.5 Å². The van der Waals surface area contributed by atoms with Crippen LogP contribution in [0.25, 0.3) is 0 Å². The van der Waals surface area contributed by atoms with Gasteiger partial charge in [0.2, 0.25) is 0 Å². The SMILES string of the molecule is C[N+]12CCCC[C@H]1[C@@H](COC(=O)C1CCCN1C(=O)OCc1ccccc1)CCC2. The number of piperidine rings is 2. The third-order valence-electron chi connectivity index (χ3n) is 7.41. The van der Waals surface area contributed by atoms with Gasteiger partial charge in [0.25, 0.3) is 0 Å². The number of hydrogen-bond acceptors (Lipinski definition) is 4. The van der Waals surface area contributed by atoms with E-state index in [-0.39, 0.29) is 12.6 Å². The Hall–Kier alpha value is -2.08. The van der Waals surface area contributed by atoms with Crippen LogP contribution in [0.3, 0.4) is 0 Å². The quantitative estimate of drug-likeness (QED) is 0.543. The number of carbonyl (C=O) groups excluding carboxylic acids is 2. The second-order valence-corrected chi connectivity index (χ2v) is 9.41. The number of esters is 1. The first-order valence-corrected chi connectivity index (χ1v) is 11.5. The normalized spacial score (nSPS) is 31.1. The molecule has 3 heterocycles. The monoisotopic (exact) mass is 415 g/mol. The number of likely N-dealkylation sites (tertiary alicyclic amines) is 1. The van der Waals surface area contributed by atoms with Gasteiger partial charge in [0.15, 0.2) is 0 Å². The number of fused-ring (bicyclic) bond motifs is 1. The Morgan fingerprint density at radius 1 is 1.00 bits per heavy atom. The number of hydrogen-bond donors (Lipinski definition) is 0. The van der Waals surface area contributed by atoms with Gasteiger partial charge >= 0.3 is 12.1 Å². The van der Waals surface area contributed by atoms with Gasteiger partial charge < -0.3 is 14.0 Å². The molecule has 0 bridgehead atoms. The maximum Gasteiger partial charge on any atom is 0.410 e. The molecule has 0 radical (unpaired) electrons. The summed E-state index contributed by atoms with van der Waals surface area (Å²) in [5, 5.41) is 0. The van der Waals surface area contributed by atoms with Gasteiger partial charge in [0, 0.05) is 18.9 Å². The summed E-state index contributed by atoms with van der Waals surface area (Å²) in [7, 11) is 2.37. The number of nitrogens with zero attached hydrogens (tertiary/aromatic N) is 2. The fourth-order valence-corrected chi connectivity index (χ4v) is 5.75. The molecule has 3 aliphatic rings. The Morgan fingerprint density at radius 2 is 1.80 bits per heavy atom. The van der Waals surface area contributed by atoms with Crippen LogP contribution in [0, 0.1) is 5.92 Å². The molecule has 0 aromatic heterocycles. The molecule has 4 rings (SSSR count). The van der Waals surface area contributed by atoms with Crippen LogP contribution in [0.5, 0.6) is 0 Å². The van der Waals surface area contributed by atoms with Crippen molar-refractivity contribution >= 4 is 12.1 Å². The minimum absolute atomic E-state index is 0.220. The Kier molecular flexibility index (Phi) is 6.61. The van der Waals surface area contributed by atoms with Crippen molar-refractivity contribution in [3.63, 3.8) is 0 Å². The highest BCUT2D eigenvalue weighted by Crippen LogP contribution is 2.36. The van der Waals surface area contributed by atoms with Crippen molar-refractivity contribution in [2.24, 2.45) is 5.92 Å². The topological polar surface area (TPSA) is 55.8 Å². The third-order valence-corrected chi connectivity index (χ3v) is 7.41. The van der Waals surface area contributed by atoms with Gasteiger partial charge in [-0.15, -0.1) is 0 Å². The first-order chi connectivity index (χ1) is 14.6. The zero-order valence-electron chi connectivity index (χ0n) is 18.1. The van der Waals surface area contributed by atoms with Crippen molar-refractivity contribution in [3.05, 3.63) is 35.9 Å². The average Bonchev–Trinajstić information content (AvgIpc) is 3.26. The van der Waals surface area contributed by atoms with Gasteiger partial charge in [-0.25, -0.2) is 9.59 Å². The molecule has 1 aromatic rings. The Bertz CT molecular complexity index is 736. The number of ether oxygens (including phenoxy) is 2. The van der Waals surface area contributed by atoms with E-state index in [1.807, 2.05) is 30.3 Å². The van der Waals surface area contributed by atoms with Crippen molar-refractivity contribution in [2.45, 2.75) is 63.6 Å². The molecule has 3 saturated heterocycles. The van der Waals surface area contributed by atoms with Crippen molar-refractivity contribution in [1.82, 2.24) is 4.90 Å². The fraction of sp³-hybridized carbons (Fsp3) is 0.667. The van der Waals surface area contributed by atoms with Crippen LogP contribution in [0.1, 0.15) is 50.5 Å². The number of quaternary nitrogens is 1.